The molecule has 2 aromatic rings. The maximum Gasteiger partial charge on any atom is 0.270 e. The zero-order valence-corrected chi connectivity index (χ0v) is 15.0. The van der Waals surface area contributed by atoms with Gasteiger partial charge in [0.15, 0.2) is 17.6 Å². The molecule has 1 N–H and O–H groups in total. The van der Waals surface area contributed by atoms with E-state index in [0.29, 0.717) is 38.5 Å². The molecule has 0 saturated carbocycles. The number of halogens is 2. The van der Waals surface area contributed by atoms with Crippen LogP contribution in [0, 0.1) is 0 Å². The lowest BCUT2D eigenvalue weighted by atomic mass is 10.0. The number of hydroxylamine groups is 1. The highest BCUT2D eigenvalue weighted by Gasteiger charge is 2.51. The minimum Gasteiger partial charge on any atom is -0.454 e. The van der Waals surface area contributed by atoms with Crippen LogP contribution in [-0.4, -0.2) is 24.7 Å². The summed E-state index contributed by atoms with van der Waals surface area (Å²) in [5.41, 5.74) is 4.09. The van der Waals surface area contributed by atoms with Crippen molar-refractivity contribution >= 4 is 46.4 Å². The molecule has 0 radical (unpaired) electrons. The summed E-state index contributed by atoms with van der Waals surface area (Å²) >= 11 is 12.2. The van der Waals surface area contributed by atoms with E-state index < -0.39 is 17.9 Å². The Morgan fingerprint density at radius 1 is 1.04 bits per heavy atom. The van der Waals surface area contributed by atoms with Crippen LogP contribution in [0.25, 0.3) is 5.70 Å². The normalized spacial score (nSPS) is 20.4. The standard InChI is InChI=1S/C18H10Cl2N2O5/c19-8-1-3-10(11(20)5-8)15-14-16(27-21-15)18(24)22(17(14)23)9-2-4-12-13(6-9)26-7-25-12/h1-6,16,21H,7H2/t16-/m0/s1. The molecule has 2 amide bonds. The van der Waals surface area contributed by atoms with Crippen LogP contribution in [0.1, 0.15) is 5.56 Å². The number of carbonyl (C=O) groups is 2. The third-order valence-electron chi connectivity index (χ3n) is 4.50. The van der Waals surface area contributed by atoms with Gasteiger partial charge >= 0.3 is 0 Å². The molecule has 0 aromatic heterocycles. The number of amides is 2. The third kappa shape index (κ3) is 2.39. The second kappa shape index (κ2) is 5.88. The lowest BCUT2D eigenvalue weighted by Crippen LogP contribution is -2.34. The zero-order chi connectivity index (χ0) is 18.7. The second-order valence-electron chi connectivity index (χ2n) is 6.03. The van der Waals surface area contributed by atoms with Gasteiger partial charge in [-0.25, -0.2) is 4.90 Å². The summed E-state index contributed by atoms with van der Waals surface area (Å²) in [6.45, 7) is 0.0979. The first-order valence-electron chi connectivity index (χ1n) is 7.94. The van der Waals surface area contributed by atoms with Crippen molar-refractivity contribution in [1.82, 2.24) is 5.48 Å². The number of rotatable bonds is 2. The van der Waals surface area contributed by atoms with Crippen LogP contribution in [0.15, 0.2) is 42.0 Å². The number of carbonyl (C=O) groups excluding carboxylic acids is 2. The van der Waals surface area contributed by atoms with Crippen molar-refractivity contribution in [2.75, 3.05) is 11.7 Å². The van der Waals surface area contributed by atoms with Crippen molar-refractivity contribution < 1.29 is 23.9 Å². The Balaban J connectivity index is 1.59. The molecule has 3 aliphatic rings. The molecule has 7 nitrogen and oxygen atoms in total. The van der Waals surface area contributed by atoms with Gasteiger partial charge in [0.2, 0.25) is 6.79 Å². The molecular formula is C18H10Cl2N2O5. The van der Waals surface area contributed by atoms with Crippen LogP contribution in [0.3, 0.4) is 0 Å². The number of anilines is 1. The van der Waals surface area contributed by atoms with Crippen molar-refractivity contribution in [3.05, 3.63) is 57.6 Å². The van der Waals surface area contributed by atoms with E-state index in [9.17, 15) is 9.59 Å². The number of hydrogen-bond acceptors (Lipinski definition) is 6. The predicted octanol–water partition coefficient (Wildman–Crippen LogP) is 2.91. The van der Waals surface area contributed by atoms with Crippen LogP contribution in [0.2, 0.25) is 10.0 Å². The number of hydrogen-bond donors (Lipinski definition) is 1. The number of ether oxygens (including phenoxy) is 2. The summed E-state index contributed by atoms with van der Waals surface area (Å²) < 4.78 is 10.6. The number of benzene rings is 2. The first-order valence-corrected chi connectivity index (χ1v) is 8.69. The molecule has 1 atom stereocenters. The lowest BCUT2D eigenvalue weighted by molar-refractivity contribution is -0.127. The monoisotopic (exact) mass is 404 g/mol. The molecule has 9 heteroatoms. The van der Waals surface area contributed by atoms with E-state index in [2.05, 4.69) is 5.48 Å². The minimum absolute atomic E-state index is 0.0979. The molecule has 3 heterocycles. The smallest absolute Gasteiger partial charge is 0.270 e. The van der Waals surface area contributed by atoms with Gasteiger partial charge in [-0.05, 0) is 30.3 Å². The topological polar surface area (TPSA) is 77.1 Å². The highest BCUT2D eigenvalue weighted by Crippen LogP contribution is 2.41. The van der Waals surface area contributed by atoms with Crippen LogP contribution in [0.4, 0.5) is 5.69 Å². The lowest BCUT2D eigenvalue weighted by Gasteiger charge is -2.16. The van der Waals surface area contributed by atoms with Crippen molar-refractivity contribution in [2.45, 2.75) is 6.10 Å². The molecule has 2 aromatic carbocycles. The van der Waals surface area contributed by atoms with E-state index in [1.807, 2.05) is 0 Å². The predicted molar refractivity (Wildman–Crippen MR) is 96.4 cm³/mol. The fourth-order valence-electron chi connectivity index (χ4n) is 3.25. The van der Waals surface area contributed by atoms with E-state index in [1.165, 1.54) is 0 Å². The Morgan fingerprint density at radius 3 is 2.67 bits per heavy atom. The SMILES string of the molecule is O=C1C2=C(c3ccc(Cl)cc3Cl)NO[C@@H]2C(=O)N1c1ccc2c(c1)OCO2. The van der Waals surface area contributed by atoms with Crippen molar-refractivity contribution in [3.63, 3.8) is 0 Å². The molecule has 0 unspecified atom stereocenters. The number of fused-ring (bicyclic) bond motifs is 2. The third-order valence-corrected chi connectivity index (χ3v) is 5.05. The second-order valence-corrected chi connectivity index (χ2v) is 6.87. The van der Waals surface area contributed by atoms with Crippen LogP contribution in [-0.2, 0) is 14.4 Å². The first-order chi connectivity index (χ1) is 13.0. The summed E-state index contributed by atoms with van der Waals surface area (Å²) in [7, 11) is 0. The molecular weight excluding hydrogens is 395 g/mol. The maximum atomic E-state index is 13.0. The summed E-state index contributed by atoms with van der Waals surface area (Å²) in [6, 6.07) is 9.71. The summed E-state index contributed by atoms with van der Waals surface area (Å²) in [6.07, 6.45) is -1.05. The molecule has 1 fully saturated rings. The van der Waals surface area contributed by atoms with E-state index in [0.717, 1.165) is 4.90 Å². The van der Waals surface area contributed by atoms with Gasteiger partial charge in [0.1, 0.15) is 0 Å². The number of imide groups is 1. The highest BCUT2D eigenvalue weighted by atomic mass is 35.5. The van der Waals surface area contributed by atoms with Gasteiger partial charge in [-0.15, -0.1) is 0 Å². The quantitative estimate of drug-likeness (QED) is 0.775. The fourth-order valence-corrected chi connectivity index (χ4v) is 3.76. The largest absolute Gasteiger partial charge is 0.454 e. The Labute approximate surface area is 163 Å². The average molecular weight is 405 g/mol. The van der Waals surface area contributed by atoms with E-state index in [1.54, 1.807) is 36.4 Å². The highest BCUT2D eigenvalue weighted by molar-refractivity contribution is 6.37. The molecule has 1 saturated heterocycles. The minimum atomic E-state index is -1.05. The molecule has 136 valence electrons. The van der Waals surface area contributed by atoms with Gasteiger partial charge in [0, 0.05) is 16.7 Å². The maximum absolute atomic E-state index is 13.0. The van der Waals surface area contributed by atoms with Crippen LogP contribution < -0.4 is 19.9 Å². The molecule has 0 aliphatic carbocycles. The van der Waals surface area contributed by atoms with Gasteiger partial charge in [-0.1, -0.05) is 23.2 Å². The van der Waals surface area contributed by atoms with E-state index in [4.69, 9.17) is 37.5 Å². The van der Waals surface area contributed by atoms with Crippen molar-refractivity contribution in [3.8, 4) is 11.5 Å². The Hall–Kier alpha value is -2.74. The van der Waals surface area contributed by atoms with Crippen LogP contribution in [0.5, 0.6) is 11.5 Å². The van der Waals surface area contributed by atoms with Gasteiger partial charge in [-0.2, -0.15) is 0 Å². The Bertz CT molecular complexity index is 1050. The molecule has 0 spiro atoms. The van der Waals surface area contributed by atoms with Gasteiger partial charge in [-0.3, -0.25) is 19.9 Å². The van der Waals surface area contributed by atoms with Gasteiger partial charge < -0.3 is 9.47 Å². The van der Waals surface area contributed by atoms with Crippen LogP contribution >= 0.6 is 23.2 Å². The summed E-state index contributed by atoms with van der Waals surface area (Å²) in [5, 5.41) is 0.796. The summed E-state index contributed by atoms with van der Waals surface area (Å²) in [5.74, 6) is 0.0410. The van der Waals surface area contributed by atoms with E-state index in [-0.39, 0.29) is 12.4 Å². The Kier molecular flexibility index (Phi) is 3.58. The van der Waals surface area contributed by atoms with Crippen molar-refractivity contribution in [1.29, 1.82) is 0 Å². The van der Waals surface area contributed by atoms with Gasteiger partial charge in [0.25, 0.3) is 11.8 Å². The molecule has 27 heavy (non-hydrogen) atoms. The molecule has 3 aliphatic heterocycles. The fraction of sp³-hybridized carbons (Fsp3) is 0.111. The zero-order valence-electron chi connectivity index (χ0n) is 13.5. The Morgan fingerprint density at radius 2 is 1.85 bits per heavy atom. The number of nitrogens with zero attached hydrogens (tertiary/aromatic N) is 1. The number of nitrogens with one attached hydrogen (secondary N) is 1. The first kappa shape index (κ1) is 16.4. The average Bonchev–Trinajstić information content (AvgIpc) is 3.32. The van der Waals surface area contributed by atoms with E-state index >= 15 is 0 Å². The van der Waals surface area contributed by atoms with Gasteiger partial charge in [0.05, 0.1) is 22.0 Å². The molecule has 0 bridgehead atoms. The van der Waals surface area contributed by atoms with Crippen molar-refractivity contribution in [2.24, 2.45) is 0 Å². The molecule has 5 rings (SSSR count). The summed E-state index contributed by atoms with van der Waals surface area (Å²) in [4.78, 5) is 32.3.